The molecule has 1 N–H and O–H groups in total. The predicted octanol–water partition coefficient (Wildman–Crippen LogP) is 5.69. The molecule has 5 nitrogen and oxygen atoms in total. The first-order valence-electron chi connectivity index (χ1n) is 9.53. The molecule has 4 rings (SSSR count). The summed E-state index contributed by atoms with van der Waals surface area (Å²) in [5.41, 5.74) is 1.75. The zero-order valence-electron chi connectivity index (χ0n) is 15.8. The zero-order chi connectivity index (χ0) is 20.1. The van der Waals surface area contributed by atoms with Gasteiger partial charge in [0.2, 0.25) is 5.91 Å². The van der Waals surface area contributed by atoms with Crippen molar-refractivity contribution >= 4 is 46.7 Å². The summed E-state index contributed by atoms with van der Waals surface area (Å²) in [5.74, 6) is 0.192. The number of carbonyl (C=O) groups excluding carboxylic acids is 1. The summed E-state index contributed by atoms with van der Waals surface area (Å²) < 4.78 is 1.83. The first-order chi connectivity index (χ1) is 14.2. The van der Waals surface area contributed by atoms with E-state index in [0.717, 1.165) is 16.3 Å². The topological polar surface area (TPSA) is 59.8 Å². The van der Waals surface area contributed by atoms with Crippen LogP contribution in [0.5, 0.6) is 0 Å². The predicted molar refractivity (Wildman–Crippen MR) is 120 cm³/mol. The van der Waals surface area contributed by atoms with E-state index < -0.39 is 0 Å². The summed E-state index contributed by atoms with van der Waals surface area (Å²) >= 11 is 9.30. The van der Waals surface area contributed by atoms with Crippen LogP contribution in [0.2, 0.25) is 5.02 Å². The Labute approximate surface area is 183 Å². The van der Waals surface area contributed by atoms with Gasteiger partial charge >= 0.3 is 0 Å². The second kappa shape index (κ2) is 9.69. The molecule has 1 aliphatic rings. The highest BCUT2D eigenvalue weighted by Gasteiger charge is 2.18. The molecule has 0 atom stereocenters. The van der Waals surface area contributed by atoms with Gasteiger partial charge in [-0.3, -0.25) is 9.36 Å². The molecule has 150 valence electrons. The fourth-order valence-corrected chi connectivity index (χ4v) is 5.55. The third-order valence-corrected chi connectivity index (χ3v) is 7.29. The Hall–Kier alpha value is -1.96. The SMILES string of the molecule is O=C(CSc1nncn1-c1cccc(Cl)c1)Nc1ccccc1SC1CCCC1. The van der Waals surface area contributed by atoms with E-state index in [1.807, 2.05) is 58.8 Å². The minimum Gasteiger partial charge on any atom is -0.324 e. The van der Waals surface area contributed by atoms with E-state index in [9.17, 15) is 4.79 Å². The van der Waals surface area contributed by atoms with Crippen LogP contribution in [-0.4, -0.2) is 31.7 Å². The number of benzene rings is 2. The Morgan fingerprint density at radius 3 is 2.83 bits per heavy atom. The van der Waals surface area contributed by atoms with Gasteiger partial charge in [0.25, 0.3) is 0 Å². The first-order valence-corrected chi connectivity index (χ1v) is 11.8. The molecular weight excluding hydrogens is 424 g/mol. The van der Waals surface area contributed by atoms with E-state index in [4.69, 9.17) is 11.6 Å². The van der Waals surface area contributed by atoms with Crippen molar-refractivity contribution in [3.63, 3.8) is 0 Å². The van der Waals surface area contributed by atoms with Crippen molar-refractivity contribution in [3.05, 3.63) is 59.9 Å². The van der Waals surface area contributed by atoms with E-state index in [1.165, 1.54) is 37.4 Å². The van der Waals surface area contributed by atoms with Crippen molar-refractivity contribution in [2.24, 2.45) is 0 Å². The van der Waals surface area contributed by atoms with Crippen molar-refractivity contribution in [3.8, 4) is 5.69 Å². The maximum atomic E-state index is 12.6. The minimum absolute atomic E-state index is 0.0601. The van der Waals surface area contributed by atoms with Crippen molar-refractivity contribution in [2.75, 3.05) is 11.1 Å². The van der Waals surface area contributed by atoms with Gasteiger partial charge in [0.05, 0.1) is 17.1 Å². The number of anilines is 1. The van der Waals surface area contributed by atoms with Crippen LogP contribution < -0.4 is 5.32 Å². The second-order valence-electron chi connectivity index (χ2n) is 6.82. The average molecular weight is 445 g/mol. The van der Waals surface area contributed by atoms with Crippen LogP contribution in [-0.2, 0) is 4.79 Å². The van der Waals surface area contributed by atoms with Gasteiger partial charge in [0.15, 0.2) is 5.16 Å². The number of halogens is 1. The maximum absolute atomic E-state index is 12.6. The van der Waals surface area contributed by atoms with E-state index in [1.54, 1.807) is 6.33 Å². The molecular formula is C21H21ClN4OS2. The smallest absolute Gasteiger partial charge is 0.234 e. The Morgan fingerprint density at radius 1 is 1.17 bits per heavy atom. The third kappa shape index (κ3) is 5.35. The van der Waals surface area contributed by atoms with Crippen LogP contribution in [0.25, 0.3) is 5.69 Å². The zero-order valence-corrected chi connectivity index (χ0v) is 18.1. The lowest BCUT2D eigenvalue weighted by Gasteiger charge is -2.14. The van der Waals surface area contributed by atoms with Gasteiger partial charge < -0.3 is 5.32 Å². The van der Waals surface area contributed by atoms with Crippen molar-refractivity contribution in [2.45, 2.75) is 41.0 Å². The number of nitrogens with zero attached hydrogens (tertiary/aromatic N) is 3. The molecule has 3 aromatic rings. The molecule has 0 aliphatic heterocycles. The highest BCUT2D eigenvalue weighted by atomic mass is 35.5. The van der Waals surface area contributed by atoms with E-state index >= 15 is 0 Å². The fourth-order valence-electron chi connectivity index (χ4n) is 3.30. The minimum atomic E-state index is -0.0601. The largest absolute Gasteiger partial charge is 0.324 e. The number of nitrogens with one attached hydrogen (secondary N) is 1. The molecule has 8 heteroatoms. The van der Waals surface area contributed by atoms with Crippen LogP contribution in [0.3, 0.4) is 0 Å². The van der Waals surface area contributed by atoms with E-state index in [0.29, 0.717) is 15.4 Å². The summed E-state index contributed by atoms with van der Waals surface area (Å²) in [5, 5.41) is 13.1. The molecule has 2 aromatic carbocycles. The summed E-state index contributed by atoms with van der Waals surface area (Å²) in [6.07, 6.45) is 6.73. The fraction of sp³-hybridized carbons (Fsp3) is 0.286. The molecule has 1 heterocycles. The lowest BCUT2D eigenvalue weighted by Crippen LogP contribution is -2.15. The van der Waals surface area contributed by atoms with Gasteiger partial charge in [-0.2, -0.15) is 0 Å². The van der Waals surface area contributed by atoms with E-state index in [2.05, 4.69) is 21.6 Å². The molecule has 1 saturated carbocycles. The molecule has 29 heavy (non-hydrogen) atoms. The van der Waals surface area contributed by atoms with Crippen molar-refractivity contribution < 1.29 is 4.79 Å². The number of rotatable bonds is 7. The van der Waals surface area contributed by atoms with Gasteiger partial charge in [-0.05, 0) is 43.2 Å². The number of carbonyl (C=O) groups is 1. The third-order valence-electron chi connectivity index (χ3n) is 4.69. The lowest BCUT2D eigenvalue weighted by molar-refractivity contribution is -0.113. The maximum Gasteiger partial charge on any atom is 0.234 e. The van der Waals surface area contributed by atoms with Crippen LogP contribution in [0.1, 0.15) is 25.7 Å². The van der Waals surface area contributed by atoms with Crippen LogP contribution in [0.15, 0.2) is 64.9 Å². The number of aromatic nitrogens is 3. The summed E-state index contributed by atoms with van der Waals surface area (Å²) in [4.78, 5) is 13.7. The highest BCUT2D eigenvalue weighted by Crippen LogP contribution is 2.38. The number of thioether (sulfide) groups is 2. The van der Waals surface area contributed by atoms with E-state index in [-0.39, 0.29) is 11.7 Å². The van der Waals surface area contributed by atoms with Gasteiger partial charge in [-0.15, -0.1) is 22.0 Å². The molecule has 0 spiro atoms. The summed E-state index contributed by atoms with van der Waals surface area (Å²) in [6.45, 7) is 0. The summed E-state index contributed by atoms with van der Waals surface area (Å²) in [7, 11) is 0. The monoisotopic (exact) mass is 444 g/mol. The highest BCUT2D eigenvalue weighted by molar-refractivity contribution is 8.00. The molecule has 1 aliphatic carbocycles. The Bertz CT molecular complexity index is 988. The molecule has 1 aromatic heterocycles. The van der Waals surface area contributed by atoms with Gasteiger partial charge in [0.1, 0.15) is 6.33 Å². The van der Waals surface area contributed by atoms with Gasteiger partial charge in [-0.25, -0.2) is 0 Å². The normalized spacial score (nSPS) is 14.2. The van der Waals surface area contributed by atoms with Crippen molar-refractivity contribution in [1.29, 1.82) is 0 Å². The Balaban J connectivity index is 1.39. The lowest BCUT2D eigenvalue weighted by atomic mass is 10.3. The Morgan fingerprint density at radius 2 is 2.00 bits per heavy atom. The molecule has 0 bridgehead atoms. The van der Waals surface area contributed by atoms with Gasteiger partial charge in [-0.1, -0.05) is 54.4 Å². The van der Waals surface area contributed by atoms with Crippen molar-refractivity contribution in [1.82, 2.24) is 14.8 Å². The summed E-state index contributed by atoms with van der Waals surface area (Å²) in [6, 6.07) is 15.5. The molecule has 1 amide bonds. The number of para-hydroxylation sites is 1. The quantitative estimate of drug-likeness (QED) is 0.474. The number of hydrogen-bond donors (Lipinski definition) is 1. The standard InChI is InChI=1S/C21H21ClN4OS2/c22-15-6-5-7-16(12-15)26-14-23-25-21(26)28-13-20(27)24-18-10-3-4-11-19(18)29-17-8-1-2-9-17/h3-7,10-12,14,17H,1-2,8-9,13H2,(H,24,27). The average Bonchev–Trinajstić information content (AvgIpc) is 3.40. The molecule has 1 fully saturated rings. The second-order valence-corrected chi connectivity index (χ2v) is 9.54. The number of amides is 1. The Kier molecular flexibility index (Phi) is 6.79. The number of hydrogen-bond acceptors (Lipinski definition) is 5. The van der Waals surface area contributed by atoms with Crippen LogP contribution in [0, 0.1) is 0 Å². The van der Waals surface area contributed by atoms with Crippen LogP contribution >= 0.6 is 35.1 Å². The van der Waals surface area contributed by atoms with Gasteiger partial charge in [0, 0.05) is 15.2 Å². The first kappa shape index (κ1) is 20.3. The molecule has 0 radical (unpaired) electrons. The van der Waals surface area contributed by atoms with Crippen LogP contribution in [0.4, 0.5) is 5.69 Å². The molecule has 0 saturated heterocycles. The molecule has 0 unspecified atom stereocenters.